The average Bonchev–Trinajstić information content (AvgIpc) is 2.60. The largest absolute Gasteiger partial charge is 0.329 e. The van der Waals surface area contributed by atoms with Crippen LogP contribution in [0.1, 0.15) is 40.0 Å². The van der Waals surface area contributed by atoms with Gasteiger partial charge in [0, 0.05) is 29.1 Å². The summed E-state index contributed by atoms with van der Waals surface area (Å²) in [6.45, 7) is 7.70. The molecule has 1 rings (SSSR count). The summed E-state index contributed by atoms with van der Waals surface area (Å²) >= 11 is 2.07. The van der Waals surface area contributed by atoms with Gasteiger partial charge in [0.25, 0.3) is 0 Å². The molecule has 1 saturated heterocycles. The van der Waals surface area contributed by atoms with Crippen LogP contribution in [0.15, 0.2) is 0 Å². The zero-order chi connectivity index (χ0) is 11.5. The van der Waals surface area contributed by atoms with Gasteiger partial charge in [-0.2, -0.15) is 11.8 Å². The monoisotopic (exact) mass is 230 g/mol. The fourth-order valence-electron chi connectivity index (χ4n) is 2.56. The molecule has 0 aliphatic carbocycles. The van der Waals surface area contributed by atoms with Crippen LogP contribution in [-0.2, 0) is 0 Å². The summed E-state index contributed by atoms with van der Waals surface area (Å²) in [5.74, 6) is 1.20. The molecule has 15 heavy (non-hydrogen) atoms. The average molecular weight is 230 g/mol. The third kappa shape index (κ3) is 2.89. The Labute approximate surface area is 99.0 Å². The molecule has 0 aromatic heterocycles. The van der Waals surface area contributed by atoms with Gasteiger partial charge in [-0.05, 0) is 26.8 Å². The lowest BCUT2D eigenvalue weighted by molar-refractivity contribution is 0.0976. The first-order chi connectivity index (χ1) is 7.05. The molecule has 90 valence electrons. The first-order valence-electron chi connectivity index (χ1n) is 6.10. The smallest absolute Gasteiger partial charge is 0.0432 e. The van der Waals surface area contributed by atoms with Crippen molar-refractivity contribution in [2.24, 2.45) is 5.73 Å². The standard InChI is InChI=1S/C12H26N2S/c1-5-6-10(2)14(4)12(8-13)7-11(3)15-9-12/h10-11H,5-9,13H2,1-4H3. The van der Waals surface area contributed by atoms with Crippen molar-refractivity contribution in [2.75, 3.05) is 19.3 Å². The van der Waals surface area contributed by atoms with Gasteiger partial charge in [0.15, 0.2) is 0 Å². The van der Waals surface area contributed by atoms with E-state index in [2.05, 4.69) is 44.5 Å². The van der Waals surface area contributed by atoms with Crippen LogP contribution in [0, 0.1) is 0 Å². The quantitative estimate of drug-likeness (QED) is 0.786. The Hall–Kier alpha value is 0.270. The van der Waals surface area contributed by atoms with Crippen molar-refractivity contribution >= 4 is 11.8 Å². The highest BCUT2D eigenvalue weighted by atomic mass is 32.2. The number of hydrogen-bond donors (Lipinski definition) is 1. The number of hydrogen-bond acceptors (Lipinski definition) is 3. The van der Waals surface area contributed by atoms with Crippen molar-refractivity contribution in [1.82, 2.24) is 4.90 Å². The van der Waals surface area contributed by atoms with Gasteiger partial charge in [-0.25, -0.2) is 0 Å². The number of thioether (sulfide) groups is 1. The number of likely N-dealkylation sites (N-methyl/N-ethyl adjacent to an activating group) is 1. The predicted octanol–water partition coefficient (Wildman–Crippen LogP) is 2.33. The second-order valence-corrected chi connectivity index (χ2v) is 6.43. The highest BCUT2D eigenvalue weighted by Gasteiger charge is 2.41. The second kappa shape index (κ2) is 5.55. The minimum absolute atomic E-state index is 0.263. The zero-order valence-corrected chi connectivity index (χ0v) is 11.4. The predicted molar refractivity (Wildman–Crippen MR) is 70.5 cm³/mol. The van der Waals surface area contributed by atoms with E-state index < -0.39 is 0 Å². The Kier molecular flexibility index (Phi) is 4.94. The van der Waals surface area contributed by atoms with Gasteiger partial charge < -0.3 is 5.73 Å². The topological polar surface area (TPSA) is 29.3 Å². The van der Waals surface area contributed by atoms with Crippen LogP contribution in [0.2, 0.25) is 0 Å². The first-order valence-corrected chi connectivity index (χ1v) is 7.15. The summed E-state index contributed by atoms with van der Waals surface area (Å²) in [7, 11) is 2.26. The molecule has 3 atom stereocenters. The molecule has 2 N–H and O–H groups in total. The van der Waals surface area contributed by atoms with Crippen LogP contribution in [0.5, 0.6) is 0 Å². The third-order valence-electron chi connectivity index (χ3n) is 3.80. The normalized spacial score (nSPS) is 33.6. The maximum absolute atomic E-state index is 6.01. The minimum atomic E-state index is 0.263. The summed E-state index contributed by atoms with van der Waals surface area (Å²) in [5.41, 5.74) is 6.27. The molecule has 1 fully saturated rings. The van der Waals surface area contributed by atoms with Crippen LogP contribution in [0.25, 0.3) is 0 Å². The molecular weight excluding hydrogens is 204 g/mol. The molecular formula is C12H26N2S. The van der Waals surface area contributed by atoms with Crippen molar-refractivity contribution in [3.63, 3.8) is 0 Å². The van der Waals surface area contributed by atoms with E-state index in [9.17, 15) is 0 Å². The van der Waals surface area contributed by atoms with Gasteiger partial charge in [-0.1, -0.05) is 20.3 Å². The summed E-state index contributed by atoms with van der Waals surface area (Å²) in [6.07, 6.45) is 3.78. The summed E-state index contributed by atoms with van der Waals surface area (Å²) in [5, 5.41) is 0.768. The first kappa shape index (κ1) is 13.3. The highest BCUT2D eigenvalue weighted by Crippen LogP contribution is 2.38. The summed E-state index contributed by atoms with van der Waals surface area (Å²) < 4.78 is 0. The van der Waals surface area contributed by atoms with Gasteiger partial charge >= 0.3 is 0 Å². The van der Waals surface area contributed by atoms with Crippen LogP contribution in [-0.4, -0.2) is 41.1 Å². The maximum atomic E-state index is 6.01. The van der Waals surface area contributed by atoms with Crippen molar-refractivity contribution in [3.05, 3.63) is 0 Å². The lowest BCUT2D eigenvalue weighted by Gasteiger charge is -2.41. The van der Waals surface area contributed by atoms with Crippen molar-refractivity contribution in [3.8, 4) is 0 Å². The van der Waals surface area contributed by atoms with Crippen molar-refractivity contribution in [1.29, 1.82) is 0 Å². The Balaban J connectivity index is 2.65. The van der Waals surface area contributed by atoms with E-state index in [0.717, 1.165) is 11.8 Å². The van der Waals surface area contributed by atoms with E-state index in [1.54, 1.807) is 0 Å². The van der Waals surface area contributed by atoms with Crippen molar-refractivity contribution < 1.29 is 0 Å². The van der Waals surface area contributed by atoms with E-state index in [1.807, 2.05) is 0 Å². The molecule has 0 spiro atoms. The Morgan fingerprint density at radius 3 is 2.67 bits per heavy atom. The SMILES string of the molecule is CCCC(C)N(C)C1(CN)CSC(C)C1. The molecule has 1 heterocycles. The van der Waals surface area contributed by atoms with Crippen LogP contribution in [0.3, 0.4) is 0 Å². The Morgan fingerprint density at radius 2 is 2.27 bits per heavy atom. The molecule has 1 aliphatic rings. The molecule has 0 amide bonds. The molecule has 2 nitrogen and oxygen atoms in total. The third-order valence-corrected chi connectivity index (χ3v) is 5.24. The highest BCUT2D eigenvalue weighted by molar-refractivity contribution is 8.00. The molecule has 3 unspecified atom stereocenters. The maximum Gasteiger partial charge on any atom is 0.0432 e. The van der Waals surface area contributed by atoms with Gasteiger partial charge in [0.1, 0.15) is 0 Å². The Morgan fingerprint density at radius 1 is 1.60 bits per heavy atom. The molecule has 0 bridgehead atoms. The van der Waals surface area contributed by atoms with Crippen LogP contribution < -0.4 is 5.73 Å². The fraction of sp³-hybridized carbons (Fsp3) is 1.00. The molecule has 0 aromatic rings. The molecule has 0 radical (unpaired) electrons. The molecule has 3 heteroatoms. The van der Waals surface area contributed by atoms with Gasteiger partial charge in [0.2, 0.25) is 0 Å². The van der Waals surface area contributed by atoms with Crippen molar-refractivity contribution in [2.45, 2.75) is 56.9 Å². The van der Waals surface area contributed by atoms with E-state index in [4.69, 9.17) is 5.73 Å². The lowest BCUT2D eigenvalue weighted by Crippen LogP contribution is -2.55. The second-order valence-electron chi connectivity index (χ2n) is 5.00. The van der Waals surface area contributed by atoms with E-state index >= 15 is 0 Å². The van der Waals surface area contributed by atoms with Gasteiger partial charge in [0.05, 0.1) is 0 Å². The van der Waals surface area contributed by atoms with Gasteiger partial charge in [-0.3, -0.25) is 4.90 Å². The molecule has 0 aromatic carbocycles. The number of nitrogens with two attached hydrogens (primary N) is 1. The summed E-state index contributed by atoms with van der Waals surface area (Å²) in [6, 6.07) is 0.657. The van der Waals surface area contributed by atoms with Crippen LogP contribution in [0.4, 0.5) is 0 Å². The van der Waals surface area contributed by atoms with E-state index in [1.165, 1.54) is 25.0 Å². The fourth-order valence-corrected chi connectivity index (χ4v) is 4.02. The molecule has 1 aliphatic heterocycles. The minimum Gasteiger partial charge on any atom is -0.329 e. The molecule has 0 saturated carbocycles. The number of nitrogens with zero attached hydrogens (tertiary/aromatic N) is 1. The van der Waals surface area contributed by atoms with E-state index in [0.29, 0.717) is 6.04 Å². The van der Waals surface area contributed by atoms with Gasteiger partial charge in [-0.15, -0.1) is 0 Å². The number of rotatable bonds is 5. The Bertz CT molecular complexity index is 198. The van der Waals surface area contributed by atoms with Crippen LogP contribution >= 0.6 is 11.8 Å². The zero-order valence-electron chi connectivity index (χ0n) is 10.6. The van der Waals surface area contributed by atoms with E-state index in [-0.39, 0.29) is 5.54 Å². The summed E-state index contributed by atoms with van der Waals surface area (Å²) in [4.78, 5) is 2.53. The lowest BCUT2D eigenvalue weighted by atomic mass is 9.92.